The van der Waals surface area contributed by atoms with Gasteiger partial charge in [0.1, 0.15) is 17.3 Å². The third kappa shape index (κ3) is 5.07. The Morgan fingerprint density at radius 3 is 2.56 bits per heavy atom. The summed E-state index contributed by atoms with van der Waals surface area (Å²) in [5, 5.41) is 7.26. The number of rotatable bonds is 8. The van der Waals surface area contributed by atoms with Crippen molar-refractivity contribution in [2.45, 2.75) is 31.5 Å². The Morgan fingerprint density at radius 1 is 1.00 bits per heavy atom. The molecule has 0 unspecified atom stereocenters. The summed E-state index contributed by atoms with van der Waals surface area (Å²) in [6.45, 7) is 8.10. The van der Waals surface area contributed by atoms with E-state index in [1.807, 2.05) is 30.3 Å². The van der Waals surface area contributed by atoms with Crippen LogP contribution in [0.2, 0.25) is 0 Å². The lowest BCUT2D eigenvalue weighted by atomic mass is 9.93. The number of pyridine rings is 1. The molecule has 2 aromatic heterocycles. The molecule has 2 N–H and O–H groups in total. The molecule has 5 nitrogen and oxygen atoms in total. The van der Waals surface area contributed by atoms with Crippen molar-refractivity contribution in [2.75, 3.05) is 5.32 Å². The number of aromatic nitrogens is 2. The average molecular weight is 491 g/mol. The highest BCUT2D eigenvalue weighted by Gasteiger charge is 2.30. The van der Waals surface area contributed by atoms with Crippen LogP contribution in [0.3, 0.4) is 0 Å². The Kier molecular flexibility index (Phi) is 6.18. The molecule has 5 rings (SSSR count). The van der Waals surface area contributed by atoms with Gasteiger partial charge in [-0.25, -0.2) is 0 Å². The highest BCUT2D eigenvalue weighted by molar-refractivity contribution is 5.86. The fraction of sp³-hybridized carbons (Fsp3) is 0.179. The maximum Gasteiger partial charge on any atom is 0.416 e. The number of hydrogen-bond donors (Lipinski definition) is 2. The van der Waals surface area contributed by atoms with E-state index in [2.05, 4.69) is 28.8 Å². The second-order valence-corrected chi connectivity index (χ2v) is 8.79. The van der Waals surface area contributed by atoms with Crippen LogP contribution in [-0.4, -0.2) is 15.6 Å². The maximum atomic E-state index is 13.0. The van der Waals surface area contributed by atoms with E-state index in [4.69, 9.17) is 4.74 Å². The quantitative estimate of drug-likeness (QED) is 0.269. The number of nitrogens with zero attached hydrogens (tertiary/aromatic N) is 2. The Labute approximate surface area is 206 Å². The van der Waals surface area contributed by atoms with E-state index >= 15 is 0 Å². The molecule has 1 aliphatic carbocycles. The first-order chi connectivity index (χ1) is 17.3. The summed E-state index contributed by atoms with van der Waals surface area (Å²) >= 11 is 0. The highest BCUT2D eigenvalue weighted by atomic mass is 19.4. The molecule has 0 saturated heterocycles. The second-order valence-electron chi connectivity index (χ2n) is 8.79. The van der Waals surface area contributed by atoms with Crippen molar-refractivity contribution >= 4 is 28.1 Å². The largest absolute Gasteiger partial charge is 0.457 e. The summed E-state index contributed by atoms with van der Waals surface area (Å²) in [7, 11) is 0. The molecular formula is C28H25F3N4O. The third-order valence-corrected chi connectivity index (χ3v) is 6.19. The number of alkyl halides is 3. The zero-order valence-corrected chi connectivity index (χ0v) is 19.5. The zero-order valence-electron chi connectivity index (χ0n) is 19.5. The molecule has 0 atom stereocenters. The predicted octanol–water partition coefficient (Wildman–Crippen LogP) is 7.50. The van der Waals surface area contributed by atoms with E-state index in [1.54, 1.807) is 29.1 Å². The fourth-order valence-corrected chi connectivity index (χ4v) is 4.07. The van der Waals surface area contributed by atoms with Gasteiger partial charge in [0.2, 0.25) is 0 Å². The van der Waals surface area contributed by atoms with E-state index in [-0.39, 0.29) is 0 Å². The van der Waals surface area contributed by atoms with Crippen molar-refractivity contribution in [3.63, 3.8) is 0 Å². The molecule has 8 heteroatoms. The first-order valence-electron chi connectivity index (χ1n) is 11.6. The van der Waals surface area contributed by atoms with Gasteiger partial charge in [0.15, 0.2) is 0 Å². The molecular weight excluding hydrogens is 465 g/mol. The molecule has 0 amide bonds. The second kappa shape index (κ2) is 9.45. The number of nitrogens with one attached hydrogen (secondary N) is 2. The number of anilines is 1. The summed E-state index contributed by atoms with van der Waals surface area (Å²) < 4.78 is 46.9. The zero-order chi connectivity index (χ0) is 25.3. The van der Waals surface area contributed by atoms with Crippen molar-refractivity contribution in [3.05, 3.63) is 97.5 Å². The standard InChI is InChI=1S/C28H25F3N4O/c1-18(33-22-6-4-7-22)26-17-25(11-13-32-26)36-24-9-10-27-20(15-24)12-14-35(27)19(2)34-23-8-3-5-21(16-23)28(29,30)31/h3,5,8-17,22,33-34H,1-2,4,6-7H2. The number of benzene rings is 2. The van der Waals surface area contributed by atoms with Gasteiger partial charge in [0.05, 0.1) is 22.5 Å². The molecule has 1 fully saturated rings. The number of hydrogen-bond acceptors (Lipinski definition) is 4. The van der Waals surface area contributed by atoms with Crippen LogP contribution in [0, 0.1) is 0 Å². The van der Waals surface area contributed by atoms with Gasteiger partial charge in [-0.2, -0.15) is 13.2 Å². The molecule has 4 aromatic rings. The normalized spacial score (nSPS) is 13.8. The van der Waals surface area contributed by atoms with Crippen LogP contribution in [0.25, 0.3) is 22.4 Å². The first-order valence-corrected chi connectivity index (χ1v) is 11.6. The van der Waals surface area contributed by atoms with Gasteiger partial charge in [-0.3, -0.25) is 4.98 Å². The lowest BCUT2D eigenvalue weighted by Crippen LogP contribution is -2.33. The first kappa shape index (κ1) is 23.5. The number of halogens is 3. The smallest absolute Gasteiger partial charge is 0.416 e. The van der Waals surface area contributed by atoms with Gasteiger partial charge in [0, 0.05) is 35.6 Å². The molecule has 2 aromatic carbocycles. The van der Waals surface area contributed by atoms with Gasteiger partial charge in [-0.1, -0.05) is 19.2 Å². The third-order valence-electron chi connectivity index (χ3n) is 6.19. The topological polar surface area (TPSA) is 51.1 Å². The van der Waals surface area contributed by atoms with E-state index in [0.29, 0.717) is 29.0 Å². The summed E-state index contributed by atoms with van der Waals surface area (Å²) in [4.78, 5) is 4.39. The number of fused-ring (bicyclic) bond motifs is 1. The van der Waals surface area contributed by atoms with Crippen molar-refractivity contribution in [1.29, 1.82) is 0 Å². The lowest BCUT2D eigenvalue weighted by Gasteiger charge is -2.28. The minimum Gasteiger partial charge on any atom is -0.457 e. The summed E-state index contributed by atoms with van der Waals surface area (Å²) in [5.74, 6) is 1.71. The van der Waals surface area contributed by atoms with Crippen LogP contribution in [0.1, 0.15) is 30.5 Å². The molecule has 1 saturated carbocycles. The van der Waals surface area contributed by atoms with Crippen LogP contribution in [0.4, 0.5) is 18.9 Å². The lowest BCUT2D eigenvalue weighted by molar-refractivity contribution is -0.137. The molecule has 0 bridgehead atoms. The van der Waals surface area contributed by atoms with Crippen molar-refractivity contribution in [2.24, 2.45) is 0 Å². The predicted molar refractivity (Wildman–Crippen MR) is 136 cm³/mol. The van der Waals surface area contributed by atoms with E-state index < -0.39 is 11.7 Å². The van der Waals surface area contributed by atoms with Gasteiger partial charge in [0.25, 0.3) is 0 Å². The summed E-state index contributed by atoms with van der Waals surface area (Å²) in [6.07, 6.45) is 2.62. The summed E-state index contributed by atoms with van der Waals surface area (Å²) in [6, 6.07) is 16.6. The molecule has 2 heterocycles. The van der Waals surface area contributed by atoms with E-state index in [1.165, 1.54) is 12.5 Å². The van der Waals surface area contributed by atoms with Crippen LogP contribution in [0.15, 0.2) is 86.2 Å². The van der Waals surface area contributed by atoms with Gasteiger partial charge < -0.3 is 19.9 Å². The van der Waals surface area contributed by atoms with Crippen molar-refractivity contribution in [3.8, 4) is 11.5 Å². The minimum atomic E-state index is -4.41. The minimum absolute atomic E-state index is 0.304. The molecule has 0 spiro atoms. The van der Waals surface area contributed by atoms with Crippen LogP contribution in [-0.2, 0) is 6.18 Å². The van der Waals surface area contributed by atoms with Gasteiger partial charge in [-0.15, -0.1) is 0 Å². The van der Waals surface area contributed by atoms with E-state index in [0.717, 1.165) is 47.3 Å². The SMILES string of the molecule is C=C(NC1CCC1)c1cc(Oc2ccc3c(ccn3C(=C)Nc3cccc(C(F)(F)F)c3)c2)ccn1. The maximum absolute atomic E-state index is 13.0. The highest BCUT2D eigenvalue weighted by Crippen LogP contribution is 2.32. The monoisotopic (exact) mass is 490 g/mol. The molecule has 0 aliphatic heterocycles. The molecule has 184 valence electrons. The van der Waals surface area contributed by atoms with Crippen LogP contribution >= 0.6 is 0 Å². The Morgan fingerprint density at radius 2 is 1.81 bits per heavy atom. The average Bonchev–Trinajstić information content (AvgIpc) is 3.24. The molecule has 1 aliphatic rings. The van der Waals surface area contributed by atoms with Crippen LogP contribution in [0.5, 0.6) is 11.5 Å². The Bertz CT molecular complexity index is 1440. The Hall–Kier alpha value is -4.20. The van der Waals surface area contributed by atoms with Gasteiger partial charge in [-0.05, 0) is 67.8 Å². The fourth-order valence-electron chi connectivity index (χ4n) is 4.07. The summed E-state index contributed by atoms with van der Waals surface area (Å²) in [5.41, 5.74) is 1.94. The van der Waals surface area contributed by atoms with Gasteiger partial charge >= 0.3 is 6.18 Å². The van der Waals surface area contributed by atoms with Crippen LogP contribution < -0.4 is 15.4 Å². The van der Waals surface area contributed by atoms with Crippen molar-refractivity contribution in [1.82, 2.24) is 14.9 Å². The molecule has 0 radical (unpaired) electrons. The Balaban J connectivity index is 1.30. The van der Waals surface area contributed by atoms with E-state index in [9.17, 15) is 13.2 Å². The molecule has 36 heavy (non-hydrogen) atoms. The number of ether oxygens (including phenoxy) is 1. The van der Waals surface area contributed by atoms with Crippen molar-refractivity contribution < 1.29 is 17.9 Å².